The SMILES string of the molecule is CS(=O)(=O)Cc1ccn(Cc2ccccc2)n1. The van der Waals surface area contributed by atoms with Gasteiger partial charge < -0.3 is 0 Å². The molecule has 0 saturated carbocycles. The number of hydrogen-bond donors (Lipinski definition) is 0. The summed E-state index contributed by atoms with van der Waals surface area (Å²) in [5.74, 6) is -0.00517. The van der Waals surface area contributed by atoms with E-state index in [0.717, 1.165) is 5.56 Å². The van der Waals surface area contributed by atoms with Crippen molar-refractivity contribution in [2.45, 2.75) is 12.3 Å². The van der Waals surface area contributed by atoms with Gasteiger partial charge in [0, 0.05) is 12.5 Å². The average molecular weight is 250 g/mol. The van der Waals surface area contributed by atoms with E-state index in [4.69, 9.17) is 0 Å². The molecule has 0 N–H and O–H groups in total. The summed E-state index contributed by atoms with van der Waals surface area (Å²) in [5, 5.41) is 4.23. The first-order chi connectivity index (χ1) is 8.03. The fraction of sp³-hybridized carbons (Fsp3) is 0.250. The summed E-state index contributed by atoms with van der Waals surface area (Å²) in [7, 11) is -3.01. The van der Waals surface area contributed by atoms with Crippen LogP contribution in [0.1, 0.15) is 11.3 Å². The molecule has 0 radical (unpaired) electrons. The molecule has 0 aliphatic heterocycles. The molecule has 1 heterocycles. The number of nitrogens with zero attached hydrogens (tertiary/aromatic N) is 2. The van der Waals surface area contributed by atoms with E-state index in [0.29, 0.717) is 12.2 Å². The second-order valence-corrected chi connectivity index (χ2v) is 6.20. The molecule has 0 spiro atoms. The Bertz CT molecular complexity index is 588. The van der Waals surface area contributed by atoms with E-state index in [1.165, 1.54) is 6.26 Å². The second kappa shape index (κ2) is 4.71. The summed E-state index contributed by atoms with van der Waals surface area (Å²) in [6, 6.07) is 11.7. The summed E-state index contributed by atoms with van der Waals surface area (Å²) in [4.78, 5) is 0. The van der Waals surface area contributed by atoms with E-state index < -0.39 is 9.84 Å². The van der Waals surface area contributed by atoms with Gasteiger partial charge in [0.25, 0.3) is 0 Å². The minimum atomic E-state index is -3.01. The van der Waals surface area contributed by atoms with Crippen LogP contribution in [-0.4, -0.2) is 24.5 Å². The Morgan fingerprint density at radius 3 is 2.53 bits per heavy atom. The van der Waals surface area contributed by atoms with Crippen molar-refractivity contribution >= 4 is 9.84 Å². The van der Waals surface area contributed by atoms with Crippen LogP contribution in [-0.2, 0) is 22.1 Å². The Balaban J connectivity index is 2.09. The molecule has 0 fully saturated rings. The first-order valence-electron chi connectivity index (χ1n) is 5.27. The van der Waals surface area contributed by atoms with Crippen LogP contribution in [0.2, 0.25) is 0 Å². The highest BCUT2D eigenvalue weighted by Crippen LogP contribution is 2.05. The van der Waals surface area contributed by atoms with Crippen LogP contribution in [0.15, 0.2) is 42.6 Å². The lowest BCUT2D eigenvalue weighted by Gasteiger charge is -2.01. The quantitative estimate of drug-likeness (QED) is 0.825. The van der Waals surface area contributed by atoms with Gasteiger partial charge in [-0.25, -0.2) is 8.42 Å². The van der Waals surface area contributed by atoms with Crippen molar-refractivity contribution in [2.75, 3.05) is 6.26 Å². The van der Waals surface area contributed by atoms with E-state index in [2.05, 4.69) is 5.10 Å². The van der Waals surface area contributed by atoms with Crippen LogP contribution in [0.3, 0.4) is 0 Å². The number of rotatable bonds is 4. The molecule has 2 aromatic rings. The van der Waals surface area contributed by atoms with E-state index in [1.54, 1.807) is 16.9 Å². The van der Waals surface area contributed by atoms with E-state index in [9.17, 15) is 8.42 Å². The minimum Gasteiger partial charge on any atom is -0.268 e. The fourth-order valence-electron chi connectivity index (χ4n) is 1.61. The molecule has 0 aliphatic carbocycles. The van der Waals surface area contributed by atoms with Gasteiger partial charge in [0.15, 0.2) is 9.84 Å². The largest absolute Gasteiger partial charge is 0.268 e. The van der Waals surface area contributed by atoms with Gasteiger partial charge in [-0.2, -0.15) is 5.10 Å². The van der Waals surface area contributed by atoms with Crippen LogP contribution >= 0.6 is 0 Å². The van der Waals surface area contributed by atoms with Crippen molar-refractivity contribution in [3.63, 3.8) is 0 Å². The third kappa shape index (κ3) is 3.71. The lowest BCUT2D eigenvalue weighted by atomic mass is 10.2. The van der Waals surface area contributed by atoms with Gasteiger partial charge >= 0.3 is 0 Å². The monoisotopic (exact) mass is 250 g/mol. The standard InChI is InChI=1S/C12H14N2O2S/c1-17(15,16)10-12-7-8-14(13-12)9-11-5-3-2-4-6-11/h2-8H,9-10H2,1H3. The van der Waals surface area contributed by atoms with Crippen molar-refractivity contribution in [1.82, 2.24) is 9.78 Å². The predicted octanol–water partition coefficient (Wildman–Crippen LogP) is 1.48. The van der Waals surface area contributed by atoms with Crippen LogP contribution in [0.4, 0.5) is 0 Å². The van der Waals surface area contributed by atoms with E-state index in [-0.39, 0.29) is 5.75 Å². The minimum absolute atomic E-state index is 0.00517. The molecule has 4 nitrogen and oxygen atoms in total. The predicted molar refractivity (Wildman–Crippen MR) is 66.3 cm³/mol. The van der Waals surface area contributed by atoms with Crippen LogP contribution in [0.25, 0.3) is 0 Å². The first kappa shape index (κ1) is 11.9. The summed E-state index contributed by atoms with van der Waals surface area (Å²) in [6.07, 6.45) is 3.01. The maximum Gasteiger partial charge on any atom is 0.153 e. The van der Waals surface area contributed by atoms with Gasteiger partial charge in [0.05, 0.1) is 18.0 Å². The van der Waals surface area contributed by atoms with Crippen molar-refractivity contribution in [3.8, 4) is 0 Å². The summed E-state index contributed by atoms with van der Waals surface area (Å²) < 4.78 is 24.0. The molecule has 0 bridgehead atoms. The molecule has 1 aromatic carbocycles. The molecule has 0 saturated heterocycles. The molecule has 0 unspecified atom stereocenters. The van der Waals surface area contributed by atoms with Gasteiger partial charge in [0.1, 0.15) is 0 Å². The van der Waals surface area contributed by atoms with Crippen LogP contribution in [0, 0.1) is 0 Å². The molecule has 17 heavy (non-hydrogen) atoms. The molecule has 1 aromatic heterocycles. The highest BCUT2D eigenvalue weighted by molar-refractivity contribution is 7.89. The van der Waals surface area contributed by atoms with Crippen molar-refractivity contribution < 1.29 is 8.42 Å². The van der Waals surface area contributed by atoms with Gasteiger partial charge in [-0.15, -0.1) is 0 Å². The fourth-order valence-corrected chi connectivity index (χ4v) is 2.30. The molecule has 0 amide bonds. The zero-order valence-electron chi connectivity index (χ0n) is 9.57. The number of benzene rings is 1. The third-order valence-corrected chi connectivity index (χ3v) is 3.11. The first-order valence-corrected chi connectivity index (χ1v) is 7.33. The van der Waals surface area contributed by atoms with E-state index >= 15 is 0 Å². The third-order valence-electron chi connectivity index (χ3n) is 2.29. The van der Waals surface area contributed by atoms with Crippen molar-refractivity contribution in [2.24, 2.45) is 0 Å². The number of sulfone groups is 1. The average Bonchev–Trinajstić information content (AvgIpc) is 2.64. The Hall–Kier alpha value is -1.62. The van der Waals surface area contributed by atoms with Gasteiger partial charge in [-0.1, -0.05) is 30.3 Å². The summed E-state index contributed by atoms with van der Waals surface area (Å²) in [6.45, 7) is 0.657. The topological polar surface area (TPSA) is 52.0 Å². The molecule has 2 rings (SSSR count). The molecular weight excluding hydrogens is 236 g/mol. The van der Waals surface area contributed by atoms with Crippen molar-refractivity contribution in [1.29, 1.82) is 0 Å². The van der Waals surface area contributed by atoms with Gasteiger partial charge in [0.2, 0.25) is 0 Å². The second-order valence-electron chi connectivity index (χ2n) is 4.06. The Morgan fingerprint density at radius 1 is 1.18 bits per heavy atom. The molecule has 0 aliphatic rings. The van der Waals surface area contributed by atoms with E-state index in [1.807, 2.05) is 30.3 Å². The smallest absolute Gasteiger partial charge is 0.153 e. The van der Waals surface area contributed by atoms with Gasteiger partial charge in [-0.3, -0.25) is 4.68 Å². The summed E-state index contributed by atoms with van der Waals surface area (Å²) >= 11 is 0. The Labute approximate surface area is 101 Å². The number of hydrogen-bond acceptors (Lipinski definition) is 3. The van der Waals surface area contributed by atoms with Gasteiger partial charge in [-0.05, 0) is 11.6 Å². The highest BCUT2D eigenvalue weighted by Gasteiger charge is 2.07. The maximum absolute atomic E-state index is 11.1. The molecule has 0 atom stereocenters. The van der Waals surface area contributed by atoms with Crippen LogP contribution < -0.4 is 0 Å². The highest BCUT2D eigenvalue weighted by atomic mass is 32.2. The summed E-state index contributed by atoms with van der Waals surface area (Å²) in [5.41, 5.74) is 1.73. The number of aromatic nitrogens is 2. The lowest BCUT2D eigenvalue weighted by molar-refractivity contribution is 0.599. The normalized spacial score (nSPS) is 11.6. The zero-order valence-corrected chi connectivity index (χ0v) is 10.4. The molecule has 5 heteroatoms. The molecule has 90 valence electrons. The zero-order chi connectivity index (χ0) is 12.3. The van der Waals surface area contributed by atoms with Crippen LogP contribution in [0.5, 0.6) is 0 Å². The lowest BCUT2D eigenvalue weighted by Crippen LogP contribution is -2.04. The Morgan fingerprint density at radius 2 is 1.88 bits per heavy atom. The molecular formula is C12H14N2O2S. The Kier molecular flexibility index (Phi) is 3.28. The maximum atomic E-state index is 11.1. The van der Waals surface area contributed by atoms with Crippen molar-refractivity contribution in [3.05, 3.63) is 53.9 Å².